The Morgan fingerprint density at radius 3 is 1.64 bits per heavy atom. The van der Waals surface area contributed by atoms with Gasteiger partial charge in [-0.1, -0.05) is 69.2 Å². The molecule has 3 rings (SSSR count). The van der Waals surface area contributed by atoms with Crippen molar-refractivity contribution in [1.29, 1.82) is 0 Å². The molecule has 0 aromatic heterocycles. The molecule has 33 heavy (non-hydrogen) atoms. The third-order valence-corrected chi connectivity index (χ3v) is 8.58. The average molecular weight is 465 g/mol. The summed E-state index contributed by atoms with van der Waals surface area (Å²) < 4.78 is 20.7. The number of hydrogen-bond donors (Lipinski definition) is 0. The summed E-state index contributed by atoms with van der Waals surface area (Å²) in [5.74, 6) is 2.57. The van der Waals surface area contributed by atoms with Crippen LogP contribution in [0.1, 0.15) is 121 Å². The molecule has 0 bridgehead atoms. The van der Waals surface area contributed by atoms with E-state index >= 15 is 0 Å². The molecule has 3 fully saturated rings. The van der Waals surface area contributed by atoms with E-state index < -0.39 is 5.97 Å². The summed E-state index contributed by atoms with van der Waals surface area (Å²) in [5.41, 5.74) is 0.359. The van der Waals surface area contributed by atoms with E-state index in [1.807, 2.05) is 0 Å². The molecule has 0 aromatic rings. The van der Waals surface area contributed by atoms with E-state index in [0.717, 1.165) is 37.9 Å². The maximum Gasteiger partial charge on any atom is 0.289 e. The third kappa shape index (κ3) is 5.67. The van der Waals surface area contributed by atoms with Crippen LogP contribution in [0.4, 0.5) is 0 Å². The lowest BCUT2D eigenvalue weighted by atomic mass is 9.47. The minimum absolute atomic E-state index is 0.0196. The van der Waals surface area contributed by atoms with Crippen molar-refractivity contribution in [2.75, 3.05) is 13.2 Å². The van der Waals surface area contributed by atoms with Gasteiger partial charge in [-0.3, -0.25) is 0 Å². The summed E-state index contributed by atoms with van der Waals surface area (Å²) in [6.45, 7) is 25.3. The van der Waals surface area contributed by atoms with E-state index in [4.69, 9.17) is 14.2 Å². The van der Waals surface area contributed by atoms with Crippen LogP contribution < -0.4 is 0 Å². The highest BCUT2D eigenvalue weighted by Gasteiger charge is 2.68. The van der Waals surface area contributed by atoms with Gasteiger partial charge in [-0.05, 0) is 91.8 Å². The lowest BCUT2D eigenvalue weighted by Crippen LogP contribution is -2.69. The zero-order chi connectivity index (χ0) is 24.7. The molecule has 0 aromatic carbocycles. The van der Waals surface area contributed by atoms with E-state index in [2.05, 4.69) is 69.2 Å². The highest BCUT2D eigenvalue weighted by atomic mass is 16.9. The molecule has 2 unspecified atom stereocenters. The molecule has 0 spiro atoms. The standard InChI is InChI=1S/C30H56O3/c1-21(2)14-25-18-29(19-25,17-24(7)8)30(31-12-11-13-32-30)33-26-27(9,15-22(3)4)20-28(26,10)16-23(5)6/h21-26H,11-20H2,1-10H3. The van der Waals surface area contributed by atoms with Crippen LogP contribution in [-0.4, -0.2) is 25.3 Å². The van der Waals surface area contributed by atoms with Gasteiger partial charge in [0.05, 0.1) is 24.7 Å². The quantitative estimate of drug-likeness (QED) is 0.307. The first-order chi connectivity index (χ1) is 15.2. The number of hydrogen-bond acceptors (Lipinski definition) is 3. The monoisotopic (exact) mass is 464 g/mol. The van der Waals surface area contributed by atoms with Crippen LogP contribution in [0.3, 0.4) is 0 Å². The second kappa shape index (κ2) is 10.1. The Hall–Kier alpha value is -0.120. The van der Waals surface area contributed by atoms with Crippen molar-refractivity contribution in [2.45, 2.75) is 133 Å². The summed E-state index contributed by atoms with van der Waals surface area (Å²) in [7, 11) is 0. The van der Waals surface area contributed by atoms with Gasteiger partial charge in [-0.25, -0.2) is 0 Å². The first-order valence-electron chi connectivity index (χ1n) is 14.2. The van der Waals surface area contributed by atoms with E-state index in [-0.39, 0.29) is 22.3 Å². The molecule has 1 heterocycles. The zero-order valence-electron chi connectivity index (χ0n) is 23.8. The Balaban J connectivity index is 1.94. The van der Waals surface area contributed by atoms with Gasteiger partial charge in [-0.15, -0.1) is 0 Å². The van der Waals surface area contributed by atoms with Crippen molar-refractivity contribution in [3.63, 3.8) is 0 Å². The summed E-state index contributed by atoms with van der Waals surface area (Å²) in [6, 6.07) is 0. The van der Waals surface area contributed by atoms with Gasteiger partial charge < -0.3 is 14.2 Å². The highest BCUT2D eigenvalue weighted by molar-refractivity contribution is 5.10. The van der Waals surface area contributed by atoms with Crippen molar-refractivity contribution < 1.29 is 14.2 Å². The second-order valence-corrected chi connectivity index (χ2v) is 14.6. The van der Waals surface area contributed by atoms with Crippen LogP contribution in [0, 0.1) is 45.8 Å². The average Bonchev–Trinajstić information content (AvgIpc) is 2.62. The fourth-order valence-electron chi connectivity index (χ4n) is 8.70. The summed E-state index contributed by atoms with van der Waals surface area (Å²) >= 11 is 0. The van der Waals surface area contributed by atoms with E-state index in [1.54, 1.807) is 0 Å². The highest BCUT2D eigenvalue weighted by Crippen LogP contribution is 2.66. The van der Waals surface area contributed by atoms with E-state index in [0.29, 0.717) is 17.8 Å². The van der Waals surface area contributed by atoms with Gasteiger partial charge in [0, 0.05) is 0 Å². The fraction of sp³-hybridized carbons (Fsp3) is 1.00. The maximum absolute atomic E-state index is 7.36. The molecule has 0 radical (unpaired) electrons. The Bertz CT molecular complexity index is 604. The van der Waals surface area contributed by atoms with Crippen LogP contribution in [0.25, 0.3) is 0 Å². The molecule has 0 amide bonds. The molecule has 2 aliphatic carbocycles. The molecular weight excluding hydrogens is 408 g/mol. The minimum atomic E-state index is -0.870. The van der Waals surface area contributed by atoms with Gasteiger partial charge in [0.1, 0.15) is 0 Å². The first kappa shape index (κ1) is 27.5. The molecule has 3 aliphatic rings. The second-order valence-electron chi connectivity index (χ2n) is 14.6. The van der Waals surface area contributed by atoms with Crippen LogP contribution in [-0.2, 0) is 14.2 Å². The third-order valence-electron chi connectivity index (χ3n) is 8.58. The number of rotatable bonds is 11. The summed E-state index contributed by atoms with van der Waals surface area (Å²) in [5, 5.41) is 0. The summed E-state index contributed by atoms with van der Waals surface area (Å²) in [4.78, 5) is 0. The van der Waals surface area contributed by atoms with Crippen LogP contribution in [0.15, 0.2) is 0 Å². The Kier molecular flexibility index (Phi) is 8.40. The predicted octanol–water partition coefficient (Wildman–Crippen LogP) is 8.46. The van der Waals surface area contributed by atoms with Gasteiger partial charge in [0.2, 0.25) is 0 Å². The lowest BCUT2D eigenvalue weighted by molar-refractivity contribution is -0.495. The maximum atomic E-state index is 7.36. The van der Waals surface area contributed by atoms with Gasteiger partial charge in [0.15, 0.2) is 0 Å². The molecular formula is C30H56O3. The van der Waals surface area contributed by atoms with Crippen molar-refractivity contribution in [1.82, 2.24) is 0 Å². The predicted molar refractivity (Wildman–Crippen MR) is 138 cm³/mol. The van der Waals surface area contributed by atoms with Crippen LogP contribution in [0.5, 0.6) is 0 Å². The normalized spacial score (nSPS) is 38.7. The molecule has 0 N–H and O–H groups in total. The Morgan fingerprint density at radius 1 is 0.727 bits per heavy atom. The van der Waals surface area contributed by atoms with E-state index in [1.165, 1.54) is 38.5 Å². The number of ether oxygens (including phenoxy) is 3. The molecule has 2 saturated carbocycles. The Labute approximate surface area is 206 Å². The zero-order valence-corrected chi connectivity index (χ0v) is 23.8. The van der Waals surface area contributed by atoms with Crippen molar-refractivity contribution >= 4 is 0 Å². The summed E-state index contributed by atoms with van der Waals surface area (Å²) in [6.07, 6.45) is 9.57. The fourth-order valence-corrected chi connectivity index (χ4v) is 8.70. The smallest absolute Gasteiger partial charge is 0.289 e. The topological polar surface area (TPSA) is 27.7 Å². The first-order valence-corrected chi connectivity index (χ1v) is 14.2. The van der Waals surface area contributed by atoms with E-state index in [9.17, 15) is 0 Å². The van der Waals surface area contributed by atoms with Gasteiger partial charge in [0.25, 0.3) is 5.97 Å². The minimum Gasteiger partial charge on any atom is -0.327 e. The molecule has 3 heteroatoms. The van der Waals surface area contributed by atoms with Crippen molar-refractivity contribution in [2.24, 2.45) is 45.8 Å². The lowest BCUT2D eigenvalue weighted by Gasteiger charge is -2.66. The van der Waals surface area contributed by atoms with Crippen LogP contribution >= 0.6 is 0 Å². The molecule has 1 aliphatic heterocycles. The SMILES string of the molecule is CC(C)CC1CC(CC(C)C)(C2(OC3C(C)(CC(C)C)CC3(C)CC(C)C)OCCCO2)C1. The van der Waals surface area contributed by atoms with Crippen LogP contribution in [0.2, 0.25) is 0 Å². The van der Waals surface area contributed by atoms with Gasteiger partial charge in [-0.2, -0.15) is 0 Å². The molecule has 2 atom stereocenters. The Morgan fingerprint density at radius 2 is 1.21 bits per heavy atom. The molecule has 1 saturated heterocycles. The van der Waals surface area contributed by atoms with Crippen molar-refractivity contribution in [3.05, 3.63) is 0 Å². The van der Waals surface area contributed by atoms with Crippen molar-refractivity contribution in [3.8, 4) is 0 Å². The van der Waals surface area contributed by atoms with Gasteiger partial charge >= 0.3 is 0 Å². The molecule has 3 nitrogen and oxygen atoms in total. The molecule has 194 valence electrons. The largest absolute Gasteiger partial charge is 0.327 e.